The van der Waals surface area contributed by atoms with Gasteiger partial charge in [-0.2, -0.15) is 0 Å². The van der Waals surface area contributed by atoms with E-state index in [4.69, 9.17) is 4.98 Å². The summed E-state index contributed by atoms with van der Waals surface area (Å²) in [5.41, 5.74) is 7.15. The first kappa shape index (κ1) is 16.2. The Morgan fingerprint density at radius 1 is 0.955 bits per heavy atom. The van der Waals surface area contributed by atoms with Crippen LogP contribution in [0.3, 0.4) is 0 Å². The number of hydrogen-bond donors (Lipinski definition) is 1. The first-order chi connectivity index (χ1) is 10.6. The summed E-state index contributed by atoms with van der Waals surface area (Å²) in [4.78, 5) is 4.79. The first-order valence-corrected chi connectivity index (χ1v) is 7.73. The number of benzene rings is 1. The summed E-state index contributed by atoms with van der Waals surface area (Å²) >= 11 is 0. The van der Waals surface area contributed by atoms with Gasteiger partial charge in [-0.25, -0.2) is 4.98 Å². The van der Waals surface area contributed by atoms with Gasteiger partial charge in [0.25, 0.3) is 0 Å². The van der Waals surface area contributed by atoms with Crippen LogP contribution in [0.4, 0.5) is 0 Å². The molecule has 0 saturated heterocycles. The minimum atomic E-state index is 0.980. The summed E-state index contributed by atoms with van der Waals surface area (Å²) < 4.78 is 2.21. The van der Waals surface area contributed by atoms with E-state index in [1.807, 2.05) is 14.1 Å². The van der Waals surface area contributed by atoms with Crippen molar-refractivity contribution in [3.8, 4) is 11.3 Å². The molecule has 2 aromatic heterocycles. The zero-order valence-corrected chi connectivity index (χ0v) is 14.1. The highest BCUT2D eigenvalue weighted by Crippen LogP contribution is 2.25. The van der Waals surface area contributed by atoms with Gasteiger partial charge in [-0.3, -0.25) is 0 Å². The number of aryl methyl sites for hydroxylation is 3. The SMILES string of the molecule is CCc1c(-c2ccc(C)cc2)nc2ccc(C)cn12.CNC. The Hall–Kier alpha value is -2.13. The van der Waals surface area contributed by atoms with Crippen molar-refractivity contribution < 1.29 is 0 Å². The highest BCUT2D eigenvalue weighted by Gasteiger charge is 2.12. The van der Waals surface area contributed by atoms with Gasteiger partial charge in [0.15, 0.2) is 0 Å². The third-order valence-corrected chi connectivity index (χ3v) is 3.53. The predicted octanol–water partition coefficient (Wildman–Crippen LogP) is 4.02. The number of pyridine rings is 1. The third-order valence-electron chi connectivity index (χ3n) is 3.53. The maximum atomic E-state index is 4.79. The number of fused-ring (bicyclic) bond motifs is 1. The number of nitrogens with zero attached hydrogens (tertiary/aromatic N) is 2. The highest BCUT2D eigenvalue weighted by molar-refractivity contribution is 5.67. The van der Waals surface area contributed by atoms with Crippen LogP contribution in [-0.4, -0.2) is 23.5 Å². The smallest absolute Gasteiger partial charge is 0.137 e. The van der Waals surface area contributed by atoms with E-state index in [1.54, 1.807) is 0 Å². The van der Waals surface area contributed by atoms with E-state index in [-0.39, 0.29) is 0 Å². The van der Waals surface area contributed by atoms with Gasteiger partial charge in [0, 0.05) is 11.8 Å². The molecule has 116 valence electrons. The van der Waals surface area contributed by atoms with E-state index in [2.05, 4.69) is 73.1 Å². The third kappa shape index (κ3) is 3.37. The van der Waals surface area contributed by atoms with Crippen LogP contribution in [0.1, 0.15) is 23.7 Å². The molecule has 0 amide bonds. The van der Waals surface area contributed by atoms with E-state index < -0.39 is 0 Å². The average molecular weight is 295 g/mol. The Morgan fingerprint density at radius 3 is 2.14 bits per heavy atom. The molecule has 1 aromatic carbocycles. The summed E-state index contributed by atoms with van der Waals surface area (Å²) in [6, 6.07) is 12.8. The molecule has 1 N–H and O–H groups in total. The lowest BCUT2D eigenvalue weighted by Crippen LogP contribution is -1.93. The van der Waals surface area contributed by atoms with E-state index in [1.165, 1.54) is 22.4 Å². The van der Waals surface area contributed by atoms with Gasteiger partial charge in [0.2, 0.25) is 0 Å². The fourth-order valence-corrected chi connectivity index (χ4v) is 2.48. The Kier molecular flexibility index (Phi) is 5.34. The van der Waals surface area contributed by atoms with Crippen LogP contribution in [0.5, 0.6) is 0 Å². The number of imidazole rings is 1. The second-order valence-corrected chi connectivity index (χ2v) is 5.56. The molecule has 3 aromatic rings. The molecule has 2 heterocycles. The van der Waals surface area contributed by atoms with Crippen molar-refractivity contribution in [2.24, 2.45) is 0 Å². The monoisotopic (exact) mass is 295 g/mol. The largest absolute Gasteiger partial charge is 0.323 e. The first-order valence-electron chi connectivity index (χ1n) is 7.73. The quantitative estimate of drug-likeness (QED) is 0.774. The van der Waals surface area contributed by atoms with Crippen LogP contribution in [-0.2, 0) is 6.42 Å². The molecule has 3 heteroatoms. The van der Waals surface area contributed by atoms with Crippen LogP contribution in [0.15, 0.2) is 42.6 Å². The van der Waals surface area contributed by atoms with Crippen molar-refractivity contribution in [3.63, 3.8) is 0 Å². The molecule has 0 aliphatic heterocycles. The van der Waals surface area contributed by atoms with Gasteiger partial charge in [0.05, 0.1) is 11.4 Å². The van der Waals surface area contributed by atoms with Gasteiger partial charge in [-0.15, -0.1) is 0 Å². The Balaban J connectivity index is 0.000000545. The second kappa shape index (κ2) is 7.23. The van der Waals surface area contributed by atoms with Gasteiger partial charge in [-0.05, 0) is 46.0 Å². The van der Waals surface area contributed by atoms with Crippen LogP contribution in [0.2, 0.25) is 0 Å². The van der Waals surface area contributed by atoms with Crippen molar-refractivity contribution in [2.75, 3.05) is 14.1 Å². The molecule has 0 fully saturated rings. The molecule has 0 atom stereocenters. The lowest BCUT2D eigenvalue weighted by molar-refractivity contribution is 0.990. The van der Waals surface area contributed by atoms with Gasteiger partial charge in [0.1, 0.15) is 5.65 Å². The molecule has 0 spiro atoms. The molecule has 0 radical (unpaired) electrons. The topological polar surface area (TPSA) is 29.3 Å². The molecule has 0 unspecified atom stereocenters. The van der Waals surface area contributed by atoms with Crippen LogP contribution in [0, 0.1) is 13.8 Å². The van der Waals surface area contributed by atoms with Crippen LogP contribution < -0.4 is 5.32 Å². The minimum Gasteiger partial charge on any atom is -0.323 e. The molecule has 3 nitrogen and oxygen atoms in total. The second-order valence-electron chi connectivity index (χ2n) is 5.56. The number of rotatable bonds is 2. The molecule has 22 heavy (non-hydrogen) atoms. The van der Waals surface area contributed by atoms with E-state index in [9.17, 15) is 0 Å². The summed E-state index contributed by atoms with van der Waals surface area (Å²) in [5, 5.41) is 2.75. The van der Waals surface area contributed by atoms with Gasteiger partial charge < -0.3 is 9.72 Å². The van der Waals surface area contributed by atoms with Gasteiger partial charge in [-0.1, -0.05) is 42.8 Å². The Labute approximate surface area is 133 Å². The van der Waals surface area contributed by atoms with Gasteiger partial charge >= 0.3 is 0 Å². The molecule has 0 bridgehead atoms. The summed E-state index contributed by atoms with van der Waals surface area (Å²) in [7, 11) is 3.75. The molecular formula is C19H25N3. The summed E-state index contributed by atoms with van der Waals surface area (Å²) in [6.07, 6.45) is 3.15. The van der Waals surface area contributed by atoms with E-state index in [0.717, 1.165) is 17.8 Å². The zero-order valence-electron chi connectivity index (χ0n) is 14.1. The molecular weight excluding hydrogens is 270 g/mol. The van der Waals surface area contributed by atoms with Crippen molar-refractivity contribution in [1.29, 1.82) is 0 Å². The predicted molar refractivity (Wildman–Crippen MR) is 94.5 cm³/mol. The maximum Gasteiger partial charge on any atom is 0.137 e. The lowest BCUT2D eigenvalue weighted by atomic mass is 10.1. The van der Waals surface area contributed by atoms with Crippen molar-refractivity contribution >= 4 is 5.65 Å². The standard InChI is InChI=1S/C17H18N2.C2H7N/c1-4-15-17(14-8-5-12(2)6-9-14)18-16-10-7-13(3)11-19(15)16;1-3-2/h5-11H,4H2,1-3H3;3H,1-2H3. The lowest BCUT2D eigenvalue weighted by Gasteiger charge is -2.03. The number of nitrogens with one attached hydrogen (secondary N) is 1. The fourth-order valence-electron chi connectivity index (χ4n) is 2.48. The summed E-state index contributed by atoms with van der Waals surface area (Å²) in [5.74, 6) is 0. The van der Waals surface area contributed by atoms with Crippen molar-refractivity contribution in [3.05, 3.63) is 59.4 Å². The van der Waals surface area contributed by atoms with Crippen molar-refractivity contribution in [1.82, 2.24) is 14.7 Å². The van der Waals surface area contributed by atoms with Crippen molar-refractivity contribution in [2.45, 2.75) is 27.2 Å². The number of aromatic nitrogens is 2. The Morgan fingerprint density at radius 2 is 1.55 bits per heavy atom. The molecule has 0 aliphatic carbocycles. The normalized spacial score (nSPS) is 10.4. The molecule has 0 aliphatic rings. The highest BCUT2D eigenvalue weighted by atomic mass is 15.0. The summed E-state index contributed by atoms with van der Waals surface area (Å²) in [6.45, 7) is 6.41. The fraction of sp³-hybridized carbons (Fsp3) is 0.316. The Bertz CT molecular complexity index is 739. The number of hydrogen-bond acceptors (Lipinski definition) is 2. The minimum absolute atomic E-state index is 0.980. The maximum absolute atomic E-state index is 4.79. The molecule has 3 rings (SSSR count). The molecule has 0 saturated carbocycles. The zero-order chi connectivity index (χ0) is 16.1. The van der Waals surface area contributed by atoms with E-state index >= 15 is 0 Å². The van der Waals surface area contributed by atoms with Crippen LogP contribution >= 0.6 is 0 Å². The average Bonchev–Trinajstić information content (AvgIpc) is 2.86. The van der Waals surface area contributed by atoms with Crippen LogP contribution in [0.25, 0.3) is 16.9 Å². The van der Waals surface area contributed by atoms with E-state index in [0.29, 0.717) is 0 Å².